The number of hydrogen-bond acceptors (Lipinski definition) is 2. The van der Waals surface area contributed by atoms with Crippen LogP contribution in [0.2, 0.25) is 0 Å². The van der Waals surface area contributed by atoms with Crippen LogP contribution in [0.5, 0.6) is 0 Å². The maximum absolute atomic E-state index is 3.74. The summed E-state index contributed by atoms with van der Waals surface area (Å²) in [6, 6.07) is 8.84. The first-order chi connectivity index (χ1) is 8.70. The van der Waals surface area contributed by atoms with Crippen molar-refractivity contribution >= 4 is 5.69 Å². The van der Waals surface area contributed by atoms with Crippen LogP contribution >= 0.6 is 0 Å². The van der Waals surface area contributed by atoms with Crippen molar-refractivity contribution < 1.29 is 0 Å². The Hall–Kier alpha value is -1.02. The third-order valence-corrected chi connectivity index (χ3v) is 3.75. The van der Waals surface area contributed by atoms with Crippen molar-refractivity contribution in [3.05, 3.63) is 29.8 Å². The van der Waals surface area contributed by atoms with Gasteiger partial charge in [-0.2, -0.15) is 0 Å². The maximum Gasteiger partial charge on any atom is 0.0402 e. The molecule has 0 unspecified atom stereocenters. The Morgan fingerprint density at radius 3 is 2.05 bits per heavy atom. The fraction of sp³-hybridized carbons (Fsp3) is 0.647. The van der Waals surface area contributed by atoms with Crippen LogP contribution in [-0.2, 0) is 0 Å². The van der Waals surface area contributed by atoms with Gasteiger partial charge in [0.2, 0.25) is 0 Å². The maximum atomic E-state index is 3.74. The quantitative estimate of drug-likeness (QED) is 0.870. The topological polar surface area (TPSA) is 15.3 Å². The van der Waals surface area contributed by atoms with Gasteiger partial charge in [0.15, 0.2) is 0 Å². The molecule has 0 saturated carbocycles. The zero-order valence-corrected chi connectivity index (χ0v) is 13.2. The number of benzene rings is 1. The molecule has 0 radical (unpaired) electrons. The third-order valence-electron chi connectivity index (χ3n) is 3.75. The van der Waals surface area contributed by atoms with E-state index in [-0.39, 0.29) is 11.1 Å². The summed E-state index contributed by atoms with van der Waals surface area (Å²) in [5.74, 6) is 0.567. The van der Waals surface area contributed by atoms with Crippen LogP contribution in [-0.4, -0.2) is 24.2 Å². The zero-order valence-electron chi connectivity index (χ0n) is 13.2. The second-order valence-corrected chi connectivity index (χ2v) is 7.46. The second-order valence-electron chi connectivity index (χ2n) is 7.46. The number of piperazine rings is 1. The molecule has 0 aliphatic carbocycles. The molecule has 1 aliphatic rings. The zero-order chi connectivity index (χ0) is 14.3. The van der Waals surface area contributed by atoms with Crippen molar-refractivity contribution in [2.75, 3.05) is 18.0 Å². The van der Waals surface area contributed by atoms with Gasteiger partial charge in [0, 0.05) is 29.9 Å². The van der Waals surface area contributed by atoms with Crippen molar-refractivity contribution in [1.82, 2.24) is 5.32 Å². The molecule has 0 atom stereocenters. The van der Waals surface area contributed by atoms with Crippen molar-refractivity contribution in [1.29, 1.82) is 0 Å². The third kappa shape index (κ3) is 3.30. The molecule has 0 amide bonds. The second kappa shape index (κ2) is 4.82. The van der Waals surface area contributed by atoms with Gasteiger partial charge in [0.05, 0.1) is 0 Å². The van der Waals surface area contributed by atoms with Gasteiger partial charge in [-0.25, -0.2) is 0 Å². The van der Waals surface area contributed by atoms with E-state index in [1.807, 2.05) is 0 Å². The fourth-order valence-corrected chi connectivity index (χ4v) is 3.44. The lowest BCUT2D eigenvalue weighted by molar-refractivity contribution is 0.226. The number of nitrogens with one attached hydrogen (secondary N) is 1. The first kappa shape index (κ1) is 14.4. The van der Waals surface area contributed by atoms with Gasteiger partial charge < -0.3 is 10.2 Å². The Morgan fingerprint density at radius 2 is 1.53 bits per heavy atom. The smallest absolute Gasteiger partial charge is 0.0402 e. The average Bonchev–Trinajstić information content (AvgIpc) is 2.24. The molecule has 0 spiro atoms. The van der Waals surface area contributed by atoms with E-state index in [4.69, 9.17) is 0 Å². The molecule has 1 aliphatic heterocycles. The number of rotatable bonds is 2. The standard InChI is InChI=1S/C17H28N2/c1-13(2)14-9-7-8-10-15(14)19-11-16(3,4)18-17(5,6)12-19/h7-10,13,18H,11-12H2,1-6H3. The van der Waals surface area contributed by atoms with Gasteiger partial charge >= 0.3 is 0 Å². The predicted octanol–water partition coefficient (Wildman–Crippen LogP) is 3.78. The number of nitrogens with zero attached hydrogens (tertiary/aromatic N) is 1. The highest BCUT2D eigenvalue weighted by Gasteiger charge is 2.37. The van der Waals surface area contributed by atoms with Crippen molar-refractivity contribution in [2.24, 2.45) is 0 Å². The highest BCUT2D eigenvalue weighted by atomic mass is 15.3. The molecule has 1 saturated heterocycles. The molecule has 106 valence electrons. The fourth-order valence-electron chi connectivity index (χ4n) is 3.44. The van der Waals surface area contributed by atoms with E-state index in [0.29, 0.717) is 5.92 Å². The summed E-state index contributed by atoms with van der Waals surface area (Å²) in [4.78, 5) is 2.55. The molecule has 1 aromatic carbocycles. The van der Waals surface area contributed by atoms with E-state index >= 15 is 0 Å². The van der Waals surface area contributed by atoms with Crippen molar-refractivity contribution in [3.63, 3.8) is 0 Å². The lowest BCUT2D eigenvalue weighted by Gasteiger charge is -2.49. The highest BCUT2D eigenvalue weighted by molar-refractivity contribution is 5.56. The van der Waals surface area contributed by atoms with Crippen LogP contribution in [0.1, 0.15) is 53.0 Å². The SMILES string of the molecule is CC(C)c1ccccc1N1CC(C)(C)NC(C)(C)C1. The van der Waals surface area contributed by atoms with E-state index < -0.39 is 0 Å². The Balaban J connectivity index is 2.36. The van der Waals surface area contributed by atoms with E-state index in [2.05, 4.69) is 76.0 Å². The van der Waals surface area contributed by atoms with Crippen molar-refractivity contribution in [2.45, 2.75) is 58.5 Å². The van der Waals surface area contributed by atoms with Gasteiger partial charge in [-0.05, 0) is 45.2 Å². The first-order valence-electron chi connectivity index (χ1n) is 7.33. The van der Waals surface area contributed by atoms with Gasteiger partial charge in [-0.15, -0.1) is 0 Å². The molecule has 2 heteroatoms. The number of anilines is 1. The van der Waals surface area contributed by atoms with Gasteiger partial charge in [0.25, 0.3) is 0 Å². The molecule has 1 N–H and O–H groups in total. The Morgan fingerprint density at radius 1 is 1.00 bits per heavy atom. The minimum absolute atomic E-state index is 0.145. The molecule has 1 heterocycles. The molecule has 19 heavy (non-hydrogen) atoms. The van der Waals surface area contributed by atoms with Crippen LogP contribution < -0.4 is 10.2 Å². The molecule has 2 rings (SSSR count). The molecule has 1 fully saturated rings. The Kier molecular flexibility index (Phi) is 3.65. The summed E-state index contributed by atoms with van der Waals surface area (Å²) >= 11 is 0. The first-order valence-corrected chi connectivity index (χ1v) is 7.33. The summed E-state index contributed by atoms with van der Waals surface area (Å²) in [5, 5.41) is 3.74. The molecule has 1 aromatic rings. The molecule has 2 nitrogen and oxygen atoms in total. The summed E-state index contributed by atoms with van der Waals surface area (Å²) in [6.07, 6.45) is 0. The normalized spacial score (nSPS) is 21.7. The van der Waals surface area contributed by atoms with Crippen LogP contribution in [0.25, 0.3) is 0 Å². The van der Waals surface area contributed by atoms with Crippen LogP contribution in [0.3, 0.4) is 0 Å². The highest BCUT2D eigenvalue weighted by Crippen LogP contribution is 2.32. The summed E-state index contributed by atoms with van der Waals surface area (Å²) in [5.41, 5.74) is 3.15. The van der Waals surface area contributed by atoms with Crippen molar-refractivity contribution in [3.8, 4) is 0 Å². The largest absolute Gasteiger partial charge is 0.368 e. The molecular formula is C17H28N2. The Bertz CT molecular complexity index is 430. The van der Waals surface area contributed by atoms with Crippen LogP contribution in [0.15, 0.2) is 24.3 Å². The molecule has 0 aromatic heterocycles. The lowest BCUT2D eigenvalue weighted by atomic mass is 9.90. The predicted molar refractivity (Wildman–Crippen MR) is 84.0 cm³/mol. The van der Waals surface area contributed by atoms with E-state index in [0.717, 1.165) is 13.1 Å². The summed E-state index contributed by atoms with van der Waals surface area (Å²) in [7, 11) is 0. The van der Waals surface area contributed by atoms with Crippen LogP contribution in [0, 0.1) is 0 Å². The molecular weight excluding hydrogens is 232 g/mol. The van der Waals surface area contributed by atoms with Gasteiger partial charge in [-0.3, -0.25) is 0 Å². The van der Waals surface area contributed by atoms with Crippen LogP contribution in [0.4, 0.5) is 5.69 Å². The lowest BCUT2D eigenvalue weighted by Crippen LogP contribution is -2.67. The molecule has 0 bridgehead atoms. The Labute approximate surface area is 118 Å². The van der Waals surface area contributed by atoms with Gasteiger partial charge in [0.1, 0.15) is 0 Å². The van der Waals surface area contributed by atoms with E-state index in [9.17, 15) is 0 Å². The average molecular weight is 260 g/mol. The number of hydrogen-bond donors (Lipinski definition) is 1. The summed E-state index contributed by atoms with van der Waals surface area (Å²) < 4.78 is 0. The van der Waals surface area contributed by atoms with Gasteiger partial charge in [-0.1, -0.05) is 32.0 Å². The summed E-state index contributed by atoms with van der Waals surface area (Å²) in [6.45, 7) is 15.8. The van der Waals surface area contributed by atoms with E-state index in [1.165, 1.54) is 11.3 Å². The minimum atomic E-state index is 0.145. The van der Waals surface area contributed by atoms with E-state index in [1.54, 1.807) is 0 Å². The minimum Gasteiger partial charge on any atom is -0.368 e. The monoisotopic (exact) mass is 260 g/mol. The number of para-hydroxylation sites is 1.